The number of Topliss-reactive ketones (excluding diaryl/α,β-unsaturated/α-hetero) is 1. The molecule has 4 saturated carbocycles. The van der Waals surface area contributed by atoms with E-state index in [1.807, 2.05) is 14.0 Å². The lowest BCUT2D eigenvalue weighted by atomic mass is 9.42. The summed E-state index contributed by atoms with van der Waals surface area (Å²) in [5.74, 6) is 5.16. The van der Waals surface area contributed by atoms with Gasteiger partial charge in [0.2, 0.25) is 0 Å². The molecule has 0 N–H and O–H groups in total. The number of methoxy groups -OCH3 is 1. The van der Waals surface area contributed by atoms with Gasteiger partial charge in [0, 0.05) is 19.6 Å². The molecular formula is C24H40O2. The van der Waals surface area contributed by atoms with E-state index in [9.17, 15) is 4.79 Å². The Balaban J connectivity index is 1.55. The second-order valence-electron chi connectivity index (χ2n) is 11.0. The van der Waals surface area contributed by atoms with Crippen LogP contribution in [-0.2, 0) is 9.53 Å². The lowest BCUT2D eigenvalue weighted by Crippen LogP contribution is -2.55. The highest BCUT2D eigenvalue weighted by Crippen LogP contribution is 2.65. The zero-order valence-electron chi connectivity index (χ0n) is 17.6. The van der Waals surface area contributed by atoms with Crippen LogP contribution in [0.1, 0.15) is 85.0 Å². The van der Waals surface area contributed by atoms with Crippen molar-refractivity contribution in [3.05, 3.63) is 0 Å². The number of hydrogen-bond donors (Lipinski definition) is 0. The molecule has 0 aromatic rings. The van der Waals surface area contributed by atoms with E-state index < -0.39 is 0 Å². The summed E-state index contributed by atoms with van der Waals surface area (Å²) in [6, 6.07) is 0. The summed E-state index contributed by atoms with van der Waals surface area (Å²) in [4.78, 5) is 12.4. The summed E-state index contributed by atoms with van der Waals surface area (Å²) in [7, 11) is 1.86. The molecule has 8 atom stereocenters. The van der Waals surface area contributed by atoms with Crippen molar-refractivity contribution in [2.75, 3.05) is 13.7 Å². The maximum atomic E-state index is 12.4. The van der Waals surface area contributed by atoms with Gasteiger partial charge in [0.25, 0.3) is 0 Å². The predicted molar refractivity (Wildman–Crippen MR) is 106 cm³/mol. The minimum absolute atomic E-state index is 0.298. The SMILES string of the molecule is COCC1CCC2C3CCC4(C)C(C(C)=O)CCCC4C3CCC2(C)C1. The molecule has 4 aliphatic carbocycles. The maximum absolute atomic E-state index is 12.4. The summed E-state index contributed by atoms with van der Waals surface area (Å²) in [6.07, 6.45) is 13.5. The van der Waals surface area contributed by atoms with Crippen molar-refractivity contribution in [3.63, 3.8) is 0 Å². The Hall–Kier alpha value is -0.370. The van der Waals surface area contributed by atoms with Gasteiger partial charge in [0.1, 0.15) is 5.78 Å². The lowest BCUT2D eigenvalue weighted by Gasteiger charge is -2.62. The highest BCUT2D eigenvalue weighted by atomic mass is 16.5. The molecule has 148 valence electrons. The van der Waals surface area contributed by atoms with E-state index in [2.05, 4.69) is 13.8 Å². The Morgan fingerprint density at radius 1 is 0.962 bits per heavy atom. The van der Waals surface area contributed by atoms with Crippen LogP contribution < -0.4 is 0 Å². The van der Waals surface area contributed by atoms with Gasteiger partial charge >= 0.3 is 0 Å². The third kappa shape index (κ3) is 2.90. The van der Waals surface area contributed by atoms with Crippen LogP contribution in [0, 0.1) is 46.3 Å². The van der Waals surface area contributed by atoms with E-state index in [0.29, 0.717) is 22.5 Å². The number of fused-ring (bicyclic) bond motifs is 5. The summed E-state index contributed by atoms with van der Waals surface area (Å²) >= 11 is 0. The Kier molecular flexibility index (Phi) is 5.04. The van der Waals surface area contributed by atoms with Gasteiger partial charge in [-0.15, -0.1) is 0 Å². The summed E-state index contributed by atoms with van der Waals surface area (Å²) in [5, 5.41) is 0. The molecule has 4 fully saturated rings. The number of carbonyl (C=O) groups excluding carboxylic acids is 1. The fourth-order valence-corrected chi connectivity index (χ4v) is 8.66. The van der Waals surface area contributed by atoms with Gasteiger partial charge in [0.05, 0.1) is 0 Å². The highest BCUT2D eigenvalue weighted by Gasteiger charge is 2.58. The second-order valence-corrected chi connectivity index (χ2v) is 11.0. The van der Waals surface area contributed by atoms with Crippen LogP contribution in [0.25, 0.3) is 0 Å². The number of hydrogen-bond acceptors (Lipinski definition) is 2. The van der Waals surface area contributed by atoms with Crippen LogP contribution in [0.4, 0.5) is 0 Å². The Morgan fingerprint density at radius 3 is 2.42 bits per heavy atom. The first-order chi connectivity index (χ1) is 12.4. The molecule has 0 aliphatic heterocycles. The molecule has 2 heteroatoms. The average molecular weight is 361 g/mol. The number of ether oxygens (including phenoxy) is 1. The van der Waals surface area contributed by atoms with Crippen molar-refractivity contribution in [1.82, 2.24) is 0 Å². The van der Waals surface area contributed by atoms with Gasteiger partial charge in [-0.25, -0.2) is 0 Å². The average Bonchev–Trinajstić information content (AvgIpc) is 2.59. The van der Waals surface area contributed by atoms with E-state index in [1.165, 1.54) is 57.8 Å². The summed E-state index contributed by atoms with van der Waals surface area (Å²) < 4.78 is 5.50. The van der Waals surface area contributed by atoms with Crippen molar-refractivity contribution in [2.24, 2.45) is 46.3 Å². The normalized spacial score (nSPS) is 51.1. The fourth-order valence-electron chi connectivity index (χ4n) is 8.66. The van der Waals surface area contributed by atoms with Gasteiger partial charge in [0.15, 0.2) is 0 Å². The van der Waals surface area contributed by atoms with Gasteiger partial charge in [-0.2, -0.15) is 0 Å². The molecule has 0 saturated heterocycles. The van der Waals surface area contributed by atoms with Crippen LogP contribution in [0.15, 0.2) is 0 Å². The third-order valence-electron chi connectivity index (χ3n) is 9.73. The van der Waals surface area contributed by atoms with Gasteiger partial charge in [-0.3, -0.25) is 4.79 Å². The van der Waals surface area contributed by atoms with E-state index in [4.69, 9.17) is 4.74 Å². The number of carbonyl (C=O) groups is 1. The smallest absolute Gasteiger partial charge is 0.133 e. The molecule has 26 heavy (non-hydrogen) atoms. The molecular weight excluding hydrogens is 320 g/mol. The molecule has 0 heterocycles. The molecule has 8 unspecified atom stereocenters. The van der Waals surface area contributed by atoms with Gasteiger partial charge in [-0.05, 0) is 105 Å². The van der Waals surface area contributed by atoms with Crippen LogP contribution in [-0.4, -0.2) is 19.5 Å². The van der Waals surface area contributed by atoms with Gasteiger partial charge < -0.3 is 4.74 Å². The topological polar surface area (TPSA) is 26.3 Å². The molecule has 4 aliphatic rings. The third-order valence-corrected chi connectivity index (χ3v) is 9.73. The predicted octanol–water partition coefficient (Wildman–Crippen LogP) is 5.89. The second kappa shape index (κ2) is 6.90. The Morgan fingerprint density at radius 2 is 1.69 bits per heavy atom. The number of rotatable bonds is 3. The molecule has 0 aromatic carbocycles. The van der Waals surface area contributed by atoms with Crippen LogP contribution in [0.3, 0.4) is 0 Å². The molecule has 4 rings (SSSR count). The largest absolute Gasteiger partial charge is 0.384 e. The Bertz CT molecular complexity index is 542. The monoisotopic (exact) mass is 360 g/mol. The summed E-state index contributed by atoms with van der Waals surface area (Å²) in [6.45, 7) is 7.90. The van der Waals surface area contributed by atoms with Crippen LogP contribution in [0.2, 0.25) is 0 Å². The van der Waals surface area contributed by atoms with Crippen LogP contribution >= 0.6 is 0 Å². The standard InChI is InChI=1S/C24H40O2/c1-16(25)20-6-5-7-22-19-10-12-23(2)14-17(15-26-4)8-9-21(23)18(19)11-13-24(20,22)3/h17-22H,5-15H2,1-4H3. The molecule has 0 spiro atoms. The number of ketones is 1. The lowest BCUT2D eigenvalue weighted by molar-refractivity contribution is -0.150. The fraction of sp³-hybridized carbons (Fsp3) is 0.958. The van der Waals surface area contributed by atoms with Crippen molar-refractivity contribution in [2.45, 2.75) is 85.0 Å². The molecule has 0 aromatic heterocycles. The van der Waals surface area contributed by atoms with Gasteiger partial charge in [-0.1, -0.05) is 20.3 Å². The van der Waals surface area contributed by atoms with E-state index in [-0.39, 0.29) is 0 Å². The first-order valence-corrected chi connectivity index (χ1v) is 11.4. The van der Waals surface area contributed by atoms with Crippen LogP contribution in [0.5, 0.6) is 0 Å². The minimum Gasteiger partial charge on any atom is -0.384 e. The zero-order chi connectivity index (χ0) is 18.5. The first kappa shape index (κ1) is 19.0. The molecule has 0 amide bonds. The molecule has 0 bridgehead atoms. The molecule has 2 nitrogen and oxygen atoms in total. The Labute approximate surface area is 160 Å². The van der Waals surface area contributed by atoms with Crippen molar-refractivity contribution in [1.29, 1.82) is 0 Å². The quantitative estimate of drug-likeness (QED) is 0.627. The maximum Gasteiger partial charge on any atom is 0.133 e. The molecule has 0 radical (unpaired) electrons. The van der Waals surface area contributed by atoms with Crippen molar-refractivity contribution in [3.8, 4) is 0 Å². The minimum atomic E-state index is 0.298. The van der Waals surface area contributed by atoms with E-state index in [1.54, 1.807) is 0 Å². The van der Waals surface area contributed by atoms with Crippen molar-refractivity contribution < 1.29 is 9.53 Å². The summed E-state index contributed by atoms with van der Waals surface area (Å²) in [5.41, 5.74) is 0.844. The van der Waals surface area contributed by atoms with E-state index >= 15 is 0 Å². The highest BCUT2D eigenvalue weighted by molar-refractivity contribution is 5.79. The zero-order valence-corrected chi connectivity index (χ0v) is 17.6. The van der Waals surface area contributed by atoms with E-state index in [0.717, 1.165) is 42.6 Å². The van der Waals surface area contributed by atoms with Crippen molar-refractivity contribution >= 4 is 5.78 Å². The first-order valence-electron chi connectivity index (χ1n) is 11.4.